The average Bonchev–Trinajstić information content (AvgIpc) is 1.87. The van der Waals surface area contributed by atoms with E-state index in [1.165, 1.54) is 0 Å². The second-order valence-corrected chi connectivity index (χ2v) is 2.37. The van der Waals surface area contributed by atoms with Crippen LogP contribution in [0.25, 0.3) is 0 Å². The minimum atomic E-state index is -0.823. The summed E-state index contributed by atoms with van der Waals surface area (Å²) < 4.78 is 0. The number of rotatable bonds is 4. The van der Waals surface area contributed by atoms with Crippen LogP contribution in [0.2, 0.25) is 0 Å². The molecule has 2 N–H and O–H groups in total. The van der Waals surface area contributed by atoms with Gasteiger partial charge in [-0.15, -0.1) is 0 Å². The van der Waals surface area contributed by atoms with Crippen LogP contribution in [0.15, 0.2) is 0 Å². The van der Waals surface area contributed by atoms with Gasteiger partial charge in [0.2, 0.25) is 6.41 Å². The second kappa shape index (κ2) is 4.64. The minimum absolute atomic E-state index is 0.171. The van der Waals surface area contributed by atoms with Crippen molar-refractivity contribution in [2.45, 2.75) is 24.8 Å². The highest BCUT2D eigenvalue weighted by Gasteiger charge is 2.09. The standard InChI is InChI=1S/C5H11NO2S/c1-2-4(9)5(8)6-3-7/h3-5,8-9H,2H2,1H3,(H,6,7)/t4-,5?/m0/s1. The molecule has 0 aliphatic heterocycles. The third-order valence-corrected chi connectivity index (χ3v) is 1.67. The molecule has 4 heteroatoms. The number of carbonyl (C=O) groups is 1. The van der Waals surface area contributed by atoms with E-state index in [1.807, 2.05) is 6.92 Å². The molecule has 3 nitrogen and oxygen atoms in total. The Hall–Kier alpha value is -0.220. The first kappa shape index (κ1) is 8.78. The summed E-state index contributed by atoms with van der Waals surface area (Å²) in [6.45, 7) is 1.88. The van der Waals surface area contributed by atoms with Gasteiger partial charge in [0.1, 0.15) is 6.23 Å². The highest BCUT2D eigenvalue weighted by Crippen LogP contribution is 2.02. The SMILES string of the molecule is CC[C@H](S)C(O)NC=O. The van der Waals surface area contributed by atoms with Crippen LogP contribution in [0, 0.1) is 0 Å². The molecule has 0 saturated heterocycles. The maximum Gasteiger partial charge on any atom is 0.209 e. The second-order valence-electron chi connectivity index (χ2n) is 1.70. The van der Waals surface area contributed by atoms with Crippen molar-refractivity contribution in [2.24, 2.45) is 0 Å². The van der Waals surface area contributed by atoms with Gasteiger partial charge in [-0.25, -0.2) is 0 Å². The lowest BCUT2D eigenvalue weighted by atomic mass is 10.3. The average molecular weight is 149 g/mol. The van der Waals surface area contributed by atoms with Crippen molar-refractivity contribution in [3.05, 3.63) is 0 Å². The van der Waals surface area contributed by atoms with Crippen molar-refractivity contribution in [1.82, 2.24) is 5.32 Å². The molecule has 0 aromatic carbocycles. The maximum absolute atomic E-state index is 9.73. The van der Waals surface area contributed by atoms with E-state index in [9.17, 15) is 4.79 Å². The molecule has 1 unspecified atom stereocenters. The fourth-order valence-corrected chi connectivity index (χ4v) is 0.490. The first-order chi connectivity index (χ1) is 4.22. The Morgan fingerprint density at radius 1 is 1.89 bits per heavy atom. The van der Waals surface area contributed by atoms with E-state index in [-0.39, 0.29) is 5.25 Å². The molecular formula is C5H11NO2S. The molecule has 0 aromatic heterocycles. The van der Waals surface area contributed by atoms with Gasteiger partial charge >= 0.3 is 0 Å². The molecule has 2 atom stereocenters. The molecule has 9 heavy (non-hydrogen) atoms. The number of aliphatic hydroxyl groups is 1. The van der Waals surface area contributed by atoms with Crippen molar-refractivity contribution >= 4 is 19.0 Å². The Kier molecular flexibility index (Phi) is 4.53. The van der Waals surface area contributed by atoms with Gasteiger partial charge in [0.05, 0.1) is 0 Å². The molecule has 0 radical (unpaired) electrons. The summed E-state index contributed by atoms with van der Waals surface area (Å²) in [5, 5.41) is 10.9. The quantitative estimate of drug-likeness (QED) is 0.293. The predicted molar refractivity (Wildman–Crippen MR) is 38.3 cm³/mol. The summed E-state index contributed by atoms with van der Waals surface area (Å²) in [5.74, 6) is 0. The molecule has 54 valence electrons. The van der Waals surface area contributed by atoms with Crippen LogP contribution in [0.3, 0.4) is 0 Å². The molecule has 0 saturated carbocycles. The highest BCUT2D eigenvalue weighted by molar-refractivity contribution is 7.81. The molecule has 0 fully saturated rings. The number of aliphatic hydroxyl groups excluding tert-OH is 1. The molecule has 0 rings (SSSR count). The normalized spacial score (nSPS) is 16.3. The molecule has 0 spiro atoms. The van der Waals surface area contributed by atoms with Crippen molar-refractivity contribution < 1.29 is 9.90 Å². The van der Waals surface area contributed by atoms with Gasteiger partial charge in [-0.1, -0.05) is 6.92 Å². The lowest BCUT2D eigenvalue weighted by molar-refractivity contribution is -0.112. The van der Waals surface area contributed by atoms with E-state index in [2.05, 4.69) is 17.9 Å². The summed E-state index contributed by atoms with van der Waals surface area (Å²) in [7, 11) is 0. The zero-order valence-corrected chi connectivity index (χ0v) is 6.14. The predicted octanol–water partition coefficient (Wildman–Crippen LogP) is -0.241. The third-order valence-electron chi connectivity index (χ3n) is 1.02. The van der Waals surface area contributed by atoms with Gasteiger partial charge < -0.3 is 10.4 Å². The fraction of sp³-hybridized carbons (Fsp3) is 0.800. The van der Waals surface area contributed by atoms with Crippen molar-refractivity contribution in [3.8, 4) is 0 Å². The molecular weight excluding hydrogens is 138 g/mol. The summed E-state index contributed by atoms with van der Waals surface area (Å²) in [6, 6.07) is 0. The van der Waals surface area contributed by atoms with Gasteiger partial charge in [0.15, 0.2) is 0 Å². The van der Waals surface area contributed by atoms with Crippen molar-refractivity contribution in [3.63, 3.8) is 0 Å². The van der Waals surface area contributed by atoms with Gasteiger partial charge in [0, 0.05) is 5.25 Å². The minimum Gasteiger partial charge on any atom is -0.373 e. The zero-order chi connectivity index (χ0) is 7.28. The summed E-state index contributed by atoms with van der Waals surface area (Å²) in [5.41, 5.74) is 0. The van der Waals surface area contributed by atoms with Crippen molar-refractivity contribution in [2.75, 3.05) is 0 Å². The number of carbonyl (C=O) groups excluding carboxylic acids is 1. The van der Waals surface area contributed by atoms with Crippen LogP contribution < -0.4 is 5.32 Å². The van der Waals surface area contributed by atoms with E-state index < -0.39 is 6.23 Å². The number of hydrogen-bond donors (Lipinski definition) is 3. The third kappa shape index (κ3) is 3.37. The van der Waals surface area contributed by atoms with E-state index in [0.717, 1.165) is 6.42 Å². The van der Waals surface area contributed by atoms with Crippen LogP contribution in [0.4, 0.5) is 0 Å². The smallest absolute Gasteiger partial charge is 0.209 e. The number of hydrogen-bond acceptors (Lipinski definition) is 3. The largest absolute Gasteiger partial charge is 0.373 e. The molecule has 0 aliphatic carbocycles. The number of thiol groups is 1. The van der Waals surface area contributed by atoms with E-state index >= 15 is 0 Å². The highest BCUT2D eigenvalue weighted by atomic mass is 32.1. The van der Waals surface area contributed by atoms with E-state index in [0.29, 0.717) is 6.41 Å². The summed E-state index contributed by atoms with van der Waals surface area (Å²) >= 11 is 3.99. The van der Waals surface area contributed by atoms with Crippen LogP contribution in [-0.2, 0) is 4.79 Å². The van der Waals surface area contributed by atoms with E-state index in [1.54, 1.807) is 0 Å². The van der Waals surface area contributed by atoms with Crippen LogP contribution in [0.1, 0.15) is 13.3 Å². The van der Waals surface area contributed by atoms with Gasteiger partial charge in [-0.2, -0.15) is 12.6 Å². The number of amides is 1. The fourth-order valence-electron chi connectivity index (χ4n) is 0.404. The summed E-state index contributed by atoms with van der Waals surface area (Å²) in [6.07, 6.45) is 0.366. The Labute approximate surface area is 59.9 Å². The Morgan fingerprint density at radius 2 is 2.44 bits per heavy atom. The summed E-state index contributed by atoms with van der Waals surface area (Å²) in [4.78, 5) is 9.73. The number of nitrogens with one attached hydrogen (secondary N) is 1. The van der Waals surface area contributed by atoms with Crippen LogP contribution in [-0.4, -0.2) is 23.0 Å². The maximum atomic E-state index is 9.73. The van der Waals surface area contributed by atoms with Crippen molar-refractivity contribution in [1.29, 1.82) is 0 Å². The Bertz CT molecular complexity index is 89.0. The Morgan fingerprint density at radius 3 is 2.78 bits per heavy atom. The monoisotopic (exact) mass is 149 g/mol. The molecule has 1 amide bonds. The van der Waals surface area contributed by atoms with Crippen LogP contribution in [0.5, 0.6) is 0 Å². The first-order valence-electron chi connectivity index (χ1n) is 2.78. The van der Waals surface area contributed by atoms with Gasteiger partial charge in [0.25, 0.3) is 0 Å². The molecule has 0 aromatic rings. The zero-order valence-electron chi connectivity index (χ0n) is 5.24. The lowest BCUT2D eigenvalue weighted by Crippen LogP contribution is -2.35. The van der Waals surface area contributed by atoms with Gasteiger partial charge in [-0.05, 0) is 6.42 Å². The van der Waals surface area contributed by atoms with Crippen LogP contribution >= 0.6 is 12.6 Å². The first-order valence-corrected chi connectivity index (χ1v) is 3.29. The van der Waals surface area contributed by atoms with Gasteiger partial charge in [-0.3, -0.25) is 4.79 Å². The van der Waals surface area contributed by atoms with E-state index in [4.69, 9.17) is 5.11 Å². The Balaban J connectivity index is 3.44. The topological polar surface area (TPSA) is 49.3 Å². The molecule has 0 heterocycles. The molecule has 0 aliphatic rings. The molecule has 0 bridgehead atoms. The lowest BCUT2D eigenvalue weighted by Gasteiger charge is -2.13.